The average Bonchev–Trinajstić information content (AvgIpc) is 2.99. The van der Waals surface area contributed by atoms with Crippen LogP contribution in [0.4, 0.5) is 0 Å². The van der Waals surface area contributed by atoms with Crippen LogP contribution in [0.1, 0.15) is 50.3 Å². The second-order valence-electron chi connectivity index (χ2n) is 5.42. The molecule has 0 atom stereocenters. The van der Waals surface area contributed by atoms with Gasteiger partial charge in [0.2, 0.25) is 11.8 Å². The molecule has 0 bridgehead atoms. The molecule has 4 nitrogen and oxygen atoms in total. The second-order valence-corrected chi connectivity index (χ2v) is 5.42. The van der Waals surface area contributed by atoms with Crippen LogP contribution in [0.25, 0.3) is 0 Å². The van der Waals surface area contributed by atoms with E-state index in [0.717, 1.165) is 49.5 Å². The minimum Gasteiger partial charge on any atom is -0.425 e. The van der Waals surface area contributed by atoms with Crippen molar-refractivity contribution in [1.82, 2.24) is 15.5 Å². The molecule has 4 heteroatoms. The maximum Gasteiger partial charge on any atom is 0.216 e. The van der Waals surface area contributed by atoms with E-state index >= 15 is 0 Å². The third-order valence-corrected chi connectivity index (χ3v) is 3.77. The number of aryl methyl sites for hydroxylation is 1. The molecule has 17 heavy (non-hydrogen) atoms. The Bertz CT molecular complexity index is 355. The molecule has 3 rings (SSSR count). The highest BCUT2D eigenvalue weighted by molar-refractivity contribution is 4.87. The lowest BCUT2D eigenvalue weighted by Gasteiger charge is -2.23. The summed E-state index contributed by atoms with van der Waals surface area (Å²) in [6, 6.07) is 0.798. The highest BCUT2D eigenvalue weighted by Crippen LogP contribution is 2.29. The molecule has 2 aliphatic rings. The topological polar surface area (TPSA) is 51.0 Å². The van der Waals surface area contributed by atoms with Crippen LogP contribution in [0.3, 0.4) is 0 Å². The standard InChI is InChI=1S/C13H21N3O/c1-3-10(4-1)9-13-16-15-12(17-13)5-2-8-14-11-6-7-11/h10-11,14H,1-9H2. The van der Waals surface area contributed by atoms with Crippen LogP contribution in [0.15, 0.2) is 4.42 Å². The molecular formula is C13H21N3O. The summed E-state index contributed by atoms with van der Waals surface area (Å²) in [6.07, 6.45) is 9.76. The summed E-state index contributed by atoms with van der Waals surface area (Å²) in [6.45, 7) is 1.07. The van der Waals surface area contributed by atoms with E-state index in [1.807, 2.05) is 0 Å². The van der Waals surface area contributed by atoms with Crippen LogP contribution >= 0.6 is 0 Å². The van der Waals surface area contributed by atoms with E-state index in [9.17, 15) is 0 Å². The van der Waals surface area contributed by atoms with E-state index in [1.54, 1.807) is 0 Å². The average molecular weight is 235 g/mol. The predicted octanol–water partition coefficient (Wildman–Crippen LogP) is 2.10. The first kappa shape index (κ1) is 11.2. The molecule has 0 radical (unpaired) electrons. The Morgan fingerprint density at radius 3 is 2.65 bits per heavy atom. The van der Waals surface area contributed by atoms with Gasteiger partial charge < -0.3 is 9.73 Å². The normalized spacial score (nSPS) is 20.5. The largest absolute Gasteiger partial charge is 0.425 e. The van der Waals surface area contributed by atoms with E-state index < -0.39 is 0 Å². The fraction of sp³-hybridized carbons (Fsp3) is 0.846. The minimum atomic E-state index is 0.798. The van der Waals surface area contributed by atoms with Crippen LogP contribution in [0.2, 0.25) is 0 Å². The van der Waals surface area contributed by atoms with Crippen LogP contribution in [0, 0.1) is 5.92 Å². The van der Waals surface area contributed by atoms with Crippen LogP contribution in [-0.4, -0.2) is 22.8 Å². The molecule has 1 heterocycles. The highest BCUT2D eigenvalue weighted by Gasteiger charge is 2.21. The van der Waals surface area contributed by atoms with Gasteiger partial charge >= 0.3 is 0 Å². The van der Waals surface area contributed by atoms with Gasteiger partial charge in [-0.1, -0.05) is 6.42 Å². The van der Waals surface area contributed by atoms with Gasteiger partial charge in [0, 0.05) is 18.9 Å². The number of nitrogens with one attached hydrogen (secondary N) is 1. The van der Waals surface area contributed by atoms with E-state index in [1.165, 1.54) is 32.1 Å². The molecule has 2 aliphatic carbocycles. The Morgan fingerprint density at radius 1 is 1.12 bits per heavy atom. The molecule has 0 saturated heterocycles. The maximum absolute atomic E-state index is 5.66. The molecule has 0 amide bonds. The number of hydrogen-bond donors (Lipinski definition) is 1. The quantitative estimate of drug-likeness (QED) is 0.735. The van der Waals surface area contributed by atoms with Gasteiger partial charge in [0.25, 0.3) is 0 Å². The lowest BCUT2D eigenvalue weighted by atomic mass is 9.83. The van der Waals surface area contributed by atoms with Crippen molar-refractivity contribution in [2.45, 2.75) is 57.4 Å². The molecule has 2 saturated carbocycles. The monoisotopic (exact) mass is 235 g/mol. The van der Waals surface area contributed by atoms with Gasteiger partial charge in [-0.05, 0) is 44.6 Å². The summed E-state index contributed by atoms with van der Waals surface area (Å²) >= 11 is 0. The molecule has 1 N–H and O–H groups in total. The fourth-order valence-electron chi connectivity index (χ4n) is 2.25. The summed E-state index contributed by atoms with van der Waals surface area (Å²) in [4.78, 5) is 0. The number of hydrogen-bond acceptors (Lipinski definition) is 4. The number of aromatic nitrogens is 2. The van der Waals surface area contributed by atoms with Crippen molar-refractivity contribution in [2.75, 3.05) is 6.54 Å². The summed E-state index contributed by atoms with van der Waals surface area (Å²) in [5.74, 6) is 2.47. The zero-order chi connectivity index (χ0) is 11.5. The van der Waals surface area contributed by atoms with Crippen molar-refractivity contribution in [2.24, 2.45) is 5.92 Å². The second kappa shape index (κ2) is 5.17. The Labute approximate surface area is 102 Å². The first-order valence-electron chi connectivity index (χ1n) is 6.95. The SMILES string of the molecule is C(CNC1CC1)Cc1nnc(CC2CCC2)o1. The number of rotatable bonds is 7. The summed E-state index contributed by atoms with van der Waals surface area (Å²) in [5, 5.41) is 11.7. The van der Waals surface area contributed by atoms with Crippen LogP contribution < -0.4 is 5.32 Å². The molecule has 1 aromatic heterocycles. The zero-order valence-corrected chi connectivity index (χ0v) is 10.3. The summed E-state index contributed by atoms with van der Waals surface area (Å²) in [5.41, 5.74) is 0. The fourth-order valence-corrected chi connectivity index (χ4v) is 2.25. The number of nitrogens with zero attached hydrogens (tertiary/aromatic N) is 2. The Hall–Kier alpha value is -0.900. The van der Waals surface area contributed by atoms with Gasteiger partial charge in [-0.2, -0.15) is 0 Å². The van der Waals surface area contributed by atoms with Crippen molar-refractivity contribution in [1.29, 1.82) is 0 Å². The maximum atomic E-state index is 5.66. The molecule has 2 fully saturated rings. The lowest BCUT2D eigenvalue weighted by Crippen LogP contribution is -2.17. The predicted molar refractivity (Wildman–Crippen MR) is 64.7 cm³/mol. The summed E-state index contributed by atoms with van der Waals surface area (Å²) in [7, 11) is 0. The molecule has 0 unspecified atom stereocenters. The smallest absolute Gasteiger partial charge is 0.216 e. The molecule has 0 spiro atoms. The Kier molecular flexibility index (Phi) is 3.41. The third kappa shape index (κ3) is 3.28. The highest BCUT2D eigenvalue weighted by atomic mass is 16.4. The van der Waals surface area contributed by atoms with Crippen molar-refractivity contribution >= 4 is 0 Å². The van der Waals surface area contributed by atoms with Crippen LogP contribution in [0.5, 0.6) is 0 Å². The van der Waals surface area contributed by atoms with Gasteiger partial charge in [-0.3, -0.25) is 0 Å². The van der Waals surface area contributed by atoms with E-state index in [-0.39, 0.29) is 0 Å². The van der Waals surface area contributed by atoms with Crippen LogP contribution in [-0.2, 0) is 12.8 Å². The van der Waals surface area contributed by atoms with Gasteiger partial charge in [0.15, 0.2) is 0 Å². The molecule has 0 aliphatic heterocycles. The minimum absolute atomic E-state index is 0.798. The van der Waals surface area contributed by atoms with Crippen molar-refractivity contribution < 1.29 is 4.42 Å². The Balaban J connectivity index is 1.36. The van der Waals surface area contributed by atoms with Crippen molar-refractivity contribution in [3.05, 3.63) is 11.8 Å². The first-order valence-corrected chi connectivity index (χ1v) is 6.95. The zero-order valence-electron chi connectivity index (χ0n) is 10.3. The third-order valence-electron chi connectivity index (χ3n) is 3.77. The molecule has 0 aromatic carbocycles. The molecular weight excluding hydrogens is 214 g/mol. The summed E-state index contributed by atoms with van der Waals surface area (Å²) < 4.78 is 5.66. The first-order chi connectivity index (χ1) is 8.40. The van der Waals surface area contributed by atoms with E-state index in [0.29, 0.717) is 0 Å². The van der Waals surface area contributed by atoms with Gasteiger partial charge in [-0.15, -0.1) is 10.2 Å². The van der Waals surface area contributed by atoms with Crippen molar-refractivity contribution in [3.8, 4) is 0 Å². The molecule has 94 valence electrons. The van der Waals surface area contributed by atoms with E-state index in [4.69, 9.17) is 4.42 Å². The van der Waals surface area contributed by atoms with Gasteiger partial charge in [0.1, 0.15) is 0 Å². The van der Waals surface area contributed by atoms with Crippen molar-refractivity contribution in [3.63, 3.8) is 0 Å². The van der Waals surface area contributed by atoms with E-state index in [2.05, 4.69) is 15.5 Å². The molecule has 1 aromatic rings. The Morgan fingerprint density at radius 2 is 1.94 bits per heavy atom. The van der Waals surface area contributed by atoms with Gasteiger partial charge in [0.05, 0.1) is 0 Å². The lowest BCUT2D eigenvalue weighted by molar-refractivity contribution is 0.286. The van der Waals surface area contributed by atoms with Gasteiger partial charge in [-0.25, -0.2) is 0 Å².